The lowest BCUT2D eigenvalue weighted by Gasteiger charge is -2.23. The van der Waals surface area contributed by atoms with Crippen LogP contribution >= 0.6 is 11.6 Å². The van der Waals surface area contributed by atoms with Crippen molar-refractivity contribution in [2.24, 2.45) is 4.99 Å². The number of nitrogens with zero attached hydrogens (tertiary/aromatic N) is 1. The summed E-state index contributed by atoms with van der Waals surface area (Å²) in [6.45, 7) is 0. The van der Waals surface area contributed by atoms with Gasteiger partial charge >= 0.3 is 12.1 Å². The lowest BCUT2D eigenvalue weighted by molar-refractivity contribution is -0.133. The van der Waals surface area contributed by atoms with Crippen molar-refractivity contribution >= 4 is 23.3 Å². The summed E-state index contributed by atoms with van der Waals surface area (Å²) in [6, 6.07) is 4.90. The van der Waals surface area contributed by atoms with Crippen LogP contribution in [0.2, 0.25) is 5.02 Å². The highest BCUT2D eigenvalue weighted by molar-refractivity contribution is 6.30. The number of alkyl halides is 3. The predicted octanol–water partition coefficient (Wildman–Crippen LogP) is 3.68. The minimum Gasteiger partial charge on any atom is -0.511 e. The molecule has 1 heterocycles. The minimum atomic E-state index is -4.97. The average molecular weight is 320 g/mol. The van der Waals surface area contributed by atoms with Crippen molar-refractivity contribution in [3.8, 4) is 0 Å². The van der Waals surface area contributed by atoms with Gasteiger partial charge in [-0.05, 0) is 17.7 Å². The van der Waals surface area contributed by atoms with E-state index in [-0.39, 0.29) is 6.42 Å². The Labute approximate surface area is 122 Å². The molecule has 0 amide bonds. The van der Waals surface area contributed by atoms with Gasteiger partial charge in [-0.2, -0.15) is 13.2 Å². The average Bonchev–Trinajstić information content (AvgIpc) is 2.37. The van der Waals surface area contributed by atoms with Gasteiger partial charge in [-0.1, -0.05) is 23.7 Å². The molecule has 1 aromatic carbocycles. The summed E-state index contributed by atoms with van der Waals surface area (Å²) < 4.78 is 38.8. The van der Waals surface area contributed by atoms with Crippen LogP contribution in [0.1, 0.15) is 18.0 Å². The molecule has 21 heavy (non-hydrogen) atoms. The number of aliphatic carboxylic acids is 1. The summed E-state index contributed by atoms with van der Waals surface area (Å²) in [5.74, 6) is -2.71. The van der Waals surface area contributed by atoms with Gasteiger partial charge in [0.15, 0.2) is 5.71 Å². The van der Waals surface area contributed by atoms with Crippen LogP contribution in [-0.2, 0) is 4.79 Å². The molecule has 0 saturated carbocycles. The highest BCUT2D eigenvalue weighted by atomic mass is 35.5. The molecule has 1 atom stereocenters. The molecule has 1 aromatic rings. The highest BCUT2D eigenvalue weighted by Crippen LogP contribution is 2.36. The third-order valence-electron chi connectivity index (χ3n) is 2.93. The maximum Gasteiger partial charge on any atom is 0.433 e. The second-order valence-corrected chi connectivity index (χ2v) is 4.81. The molecule has 2 rings (SSSR count). The van der Waals surface area contributed by atoms with Gasteiger partial charge in [0.05, 0.1) is 6.04 Å². The van der Waals surface area contributed by atoms with Crippen molar-refractivity contribution < 1.29 is 28.2 Å². The second kappa shape index (κ2) is 5.40. The van der Waals surface area contributed by atoms with E-state index >= 15 is 0 Å². The Morgan fingerprint density at radius 3 is 2.33 bits per heavy atom. The number of aliphatic hydroxyl groups excluding tert-OH is 1. The maximum absolute atomic E-state index is 12.9. The smallest absolute Gasteiger partial charge is 0.433 e. The van der Waals surface area contributed by atoms with E-state index < -0.39 is 35.2 Å². The molecule has 0 aliphatic carbocycles. The monoisotopic (exact) mass is 319 g/mol. The summed E-state index contributed by atoms with van der Waals surface area (Å²) in [6.07, 6.45) is -5.28. The van der Waals surface area contributed by atoms with E-state index in [0.717, 1.165) is 0 Å². The Morgan fingerprint density at radius 2 is 1.86 bits per heavy atom. The zero-order valence-electron chi connectivity index (χ0n) is 10.4. The Hall–Kier alpha value is -2.02. The van der Waals surface area contributed by atoms with Crippen LogP contribution in [-0.4, -0.2) is 28.1 Å². The normalized spacial score (nSPS) is 19.4. The minimum absolute atomic E-state index is 0.317. The van der Waals surface area contributed by atoms with Crippen LogP contribution in [0.25, 0.3) is 0 Å². The number of benzene rings is 1. The Morgan fingerprint density at radius 1 is 1.29 bits per heavy atom. The summed E-state index contributed by atoms with van der Waals surface area (Å²) in [5.41, 5.74) is -2.39. The second-order valence-electron chi connectivity index (χ2n) is 4.37. The lowest BCUT2D eigenvalue weighted by Crippen LogP contribution is -2.33. The molecular formula is C13H9ClF3NO3. The number of halogens is 4. The molecule has 1 aliphatic heterocycles. The van der Waals surface area contributed by atoms with Crippen molar-refractivity contribution in [2.75, 3.05) is 0 Å². The van der Waals surface area contributed by atoms with Crippen molar-refractivity contribution in [1.29, 1.82) is 0 Å². The zero-order chi connectivity index (χ0) is 15.8. The summed E-state index contributed by atoms with van der Waals surface area (Å²) >= 11 is 5.69. The van der Waals surface area contributed by atoms with Crippen LogP contribution in [0.4, 0.5) is 13.2 Å². The Balaban J connectivity index is 2.48. The Kier molecular flexibility index (Phi) is 3.95. The first-order valence-electron chi connectivity index (χ1n) is 5.76. The molecule has 2 N–H and O–H groups in total. The molecule has 1 aliphatic rings. The quantitative estimate of drug-likeness (QED) is 0.873. The summed E-state index contributed by atoms with van der Waals surface area (Å²) in [4.78, 5) is 14.3. The van der Waals surface area contributed by atoms with E-state index in [4.69, 9.17) is 16.7 Å². The fourth-order valence-electron chi connectivity index (χ4n) is 2.00. The van der Waals surface area contributed by atoms with E-state index in [1.807, 2.05) is 0 Å². The number of hydrogen-bond acceptors (Lipinski definition) is 3. The zero-order valence-corrected chi connectivity index (χ0v) is 11.1. The third-order valence-corrected chi connectivity index (χ3v) is 3.19. The van der Waals surface area contributed by atoms with Gasteiger partial charge in [-0.25, -0.2) is 4.79 Å². The van der Waals surface area contributed by atoms with Gasteiger partial charge in [0.25, 0.3) is 0 Å². The standard InChI is InChI=1S/C13H9ClF3NO3/c14-7-3-1-6(2-4-7)8-5-9(19)10(12(20)21)11(18-8)13(15,16)17/h1-4,8,19H,5H2,(H,20,21). The fraction of sp³-hybridized carbons (Fsp3) is 0.231. The molecule has 0 fully saturated rings. The van der Waals surface area contributed by atoms with E-state index in [9.17, 15) is 23.1 Å². The van der Waals surface area contributed by atoms with E-state index in [2.05, 4.69) is 4.99 Å². The van der Waals surface area contributed by atoms with E-state index in [1.54, 1.807) is 0 Å². The van der Waals surface area contributed by atoms with Gasteiger partial charge in [-0.3, -0.25) is 4.99 Å². The molecule has 0 saturated heterocycles. The fourth-order valence-corrected chi connectivity index (χ4v) is 2.13. The van der Waals surface area contributed by atoms with Gasteiger partial charge in [0, 0.05) is 11.4 Å². The molecule has 8 heteroatoms. The number of aliphatic hydroxyl groups is 1. The van der Waals surface area contributed by atoms with Crippen molar-refractivity contribution in [3.05, 3.63) is 46.2 Å². The molecule has 112 valence electrons. The number of dihydropyridines is 1. The molecule has 1 unspecified atom stereocenters. The number of carbonyl (C=O) groups is 1. The summed E-state index contributed by atoms with van der Waals surface area (Å²) in [5, 5.41) is 18.9. The number of aliphatic imine (C=N–C) groups is 1. The van der Waals surface area contributed by atoms with Crippen LogP contribution in [0, 0.1) is 0 Å². The number of carboxylic acids is 1. The van der Waals surface area contributed by atoms with Crippen LogP contribution < -0.4 is 0 Å². The predicted molar refractivity (Wildman–Crippen MR) is 69.6 cm³/mol. The largest absolute Gasteiger partial charge is 0.511 e. The topological polar surface area (TPSA) is 69.9 Å². The van der Waals surface area contributed by atoms with Crippen molar-refractivity contribution in [2.45, 2.75) is 18.6 Å². The molecule has 4 nitrogen and oxygen atoms in total. The Bertz CT molecular complexity index is 635. The first-order chi connectivity index (χ1) is 9.70. The van der Waals surface area contributed by atoms with Gasteiger partial charge in [-0.15, -0.1) is 0 Å². The maximum atomic E-state index is 12.9. The van der Waals surface area contributed by atoms with Crippen LogP contribution in [0.15, 0.2) is 40.6 Å². The molecule has 0 bridgehead atoms. The summed E-state index contributed by atoms with van der Waals surface area (Å²) in [7, 11) is 0. The highest BCUT2D eigenvalue weighted by Gasteiger charge is 2.45. The number of rotatable bonds is 2. The van der Waals surface area contributed by atoms with Crippen LogP contribution in [0.3, 0.4) is 0 Å². The molecule has 0 aromatic heterocycles. The van der Waals surface area contributed by atoms with E-state index in [1.165, 1.54) is 24.3 Å². The molecule has 0 radical (unpaired) electrons. The SMILES string of the molecule is O=C(O)C1=C(O)CC(c2ccc(Cl)cc2)N=C1C(F)(F)F. The number of carboxylic acid groups (broad SMARTS) is 1. The van der Waals surface area contributed by atoms with Gasteiger partial charge < -0.3 is 10.2 Å². The van der Waals surface area contributed by atoms with Crippen molar-refractivity contribution in [3.63, 3.8) is 0 Å². The third kappa shape index (κ3) is 3.18. The number of hydrogen-bond donors (Lipinski definition) is 2. The molecule has 0 spiro atoms. The van der Waals surface area contributed by atoms with Gasteiger partial charge in [0.2, 0.25) is 0 Å². The van der Waals surface area contributed by atoms with Crippen LogP contribution in [0.5, 0.6) is 0 Å². The molecular weight excluding hydrogens is 311 g/mol. The first kappa shape index (κ1) is 15.4. The van der Waals surface area contributed by atoms with E-state index in [0.29, 0.717) is 10.6 Å². The lowest BCUT2D eigenvalue weighted by atomic mass is 9.95. The van der Waals surface area contributed by atoms with Gasteiger partial charge in [0.1, 0.15) is 11.3 Å². The van der Waals surface area contributed by atoms with Crippen molar-refractivity contribution in [1.82, 2.24) is 0 Å². The first-order valence-corrected chi connectivity index (χ1v) is 6.14.